The summed E-state index contributed by atoms with van der Waals surface area (Å²) in [6, 6.07) is 2.22. The number of rotatable bonds is 3. The van der Waals surface area contributed by atoms with E-state index in [2.05, 4.69) is 18.1 Å². The molecule has 1 aromatic rings. The predicted molar refractivity (Wildman–Crippen MR) is 63.3 cm³/mol. The summed E-state index contributed by atoms with van der Waals surface area (Å²) in [4.78, 5) is 0. The van der Waals surface area contributed by atoms with Gasteiger partial charge in [-0.1, -0.05) is 13.3 Å². The van der Waals surface area contributed by atoms with Crippen LogP contribution in [0.15, 0.2) is 6.07 Å². The van der Waals surface area contributed by atoms with E-state index >= 15 is 0 Å². The highest BCUT2D eigenvalue weighted by Crippen LogP contribution is 2.32. The highest BCUT2D eigenvalue weighted by Gasteiger charge is 2.26. The van der Waals surface area contributed by atoms with Crippen LogP contribution in [0.25, 0.3) is 0 Å². The van der Waals surface area contributed by atoms with Crippen molar-refractivity contribution in [2.75, 3.05) is 0 Å². The summed E-state index contributed by atoms with van der Waals surface area (Å²) < 4.78 is 2.01. The van der Waals surface area contributed by atoms with Crippen molar-refractivity contribution >= 4 is 11.6 Å². The van der Waals surface area contributed by atoms with Gasteiger partial charge in [-0.3, -0.25) is 4.68 Å². The number of nitrogens with zero attached hydrogens (tertiary/aromatic N) is 2. The fourth-order valence-electron chi connectivity index (χ4n) is 2.43. The van der Waals surface area contributed by atoms with Gasteiger partial charge in [-0.2, -0.15) is 5.10 Å². The molecule has 0 saturated heterocycles. The van der Waals surface area contributed by atoms with Crippen molar-refractivity contribution in [2.45, 2.75) is 44.4 Å². The van der Waals surface area contributed by atoms with Gasteiger partial charge in [0.05, 0.1) is 5.69 Å². The molecule has 0 aromatic carbocycles. The summed E-state index contributed by atoms with van der Waals surface area (Å²) in [5.41, 5.74) is 2.53. The van der Waals surface area contributed by atoms with Gasteiger partial charge >= 0.3 is 0 Å². The van der Waals surface area contributed by atoms with Crippen molar-refractivity contribution in [1.82, 2.24) is 9.78 Å². The summed E-state index contributed by atoms with van der Waals surface area (Å²) in [6.45, 7) is 2.14. The number of hydrogen-bond acceptors (Lipinski definition) is 1. The molecule has 1 fully saturated rings. The number of hydrogen-bond donors (Lipinski definition) is 0. The summed E-state index contributed by atoms with van der Waals surface area (Å²) in [7, 11) is 2.03. The Morgan fingerprint density at radius 3 is 2.87 bits per heavy atom. The van der Waals surface area contributed by atoms with E-state index in [9.17, 15) is 0 Å². The standard InChI is InChI=1S/C12H19ClN2/c1-3-10-8-11(15(2)14-10)7-9-5-4-6-12(9)13/h8-9,12H,3-7H2,1-2H3. The van der Waals surface area contributed by atoms with Crippen molar-refractivity contribution in [1.29, 1.82) is 0 Å². The summed E-state index contributed by atoms with van der Waals surface area (Å²) in [5, 5.41) is 4.85. The van der Waals surface area contributed by atoms with Crippen LogP contribution in [0.5, 0.6) is 0 Å². The minimum atomic E-state index is 0.380. The lowest BCUT2D eigenvalue weighted by atomic mass is 10.0. The molecule has 1 heterocycles. The second kappa shape index (κ2) is 4.56. The van der Waals surface area contributed by atoms with Crippen molar-refractivity contribution in [3.05, 3.63) is 17.5 Å². The normalized spacial score (nSPS) is 26.1. The van der Waals surface area contributed by atoms with Crippen LogP contribution in [0.3, 0.4) is 0 Å². The van der Waals surface area contributed by atoms with E-state index < -0.39 is 0 Å². The third-order valence-corrected chi connectivity index (χ3v) is 4.00. The van der Waals surface area contributed by atoms with Crippen LogP contribution in [0.4, 0.5) is 0 Å². The molecule has 2 nitrogen and oxygen atoms in total. The Bertz CT molecular complexity index is 332. The van der Waals surface area contributed by atoms with Gasteiger partial charge in [-0.05, 0) is 37.7 Å². The maximum absolute atomic E-state index is 6.29. The van der Waals surface area contributed by atoms with Gasteiger partial charge < -0.3 is 0 Å². The lowest BCUT2D eigenvalue weighted by Crippen LogP contribution is -2.12. The van der Waals surface area contributed by atoms with Crippen molar-refractivity contribution in [3.63, 3.8) is 0 Å². The number of halogens is 1. The van der Waals surface area contributed by atoms with E-state index in [1.165, 1.54) is 30.7 Å². The zero-order chi connectivity index (χ0) is 10.8. The molecule has 1 saturated carbocycles. The molecule has 0 amide bonds. The molecule has 0 aliphatic heterocycles. The van der Waals surface area contributed by atoms with E-state index in [0.717, 1.165) is 12.8 Å². The van der Waals surface area contributed by atoms with Gasteiger partial charge in [-0.25, -0.2) is 0 Å². The zero-order valence-electron chi connectivity index (χ0n) is 9.54. The van der Waals surface area contributed by atoms with Crippen molar-refractivity contribution < 1.29 is 0 Å². The Morgan fingerprint density at radius 1 is 1.53 bits per heavy atom. The molecule has 1 aromatic heterocycles. The van der Waals surface area contributed by atoms with Crippen LogP contribution in [0.1, 0.15) is 37.6 Å². The molecule has 0 bridgehead atoms. The van der Waals surface area contributed by atoms with Gasteiger partial charge in [0.25, 0.3) is 0 Å². The molecule has 15 heavy (non-hydrogen) atoms. The topological polar surface area (TPSA) is 17.8 Å². The van der Waals surface area contributed by atoms with Gasteiger partial charge in [0.1, 0.15) is 0 Å². The van der Waals surface area contributed by atoms with Gasteiger partial charge in [-0.15, -0.1) is 11.6 Å². The Kier molecular flexibility index (Phi) is 3.35. The van der Waals surface area contributed by atoms with Crippen LogP contribution in [0, 0.1) is 5.92 Å². The first-order valence-electron chi connectivity index (χ1n) is 5.86. The molecule has 0 spiro atoms. The maximum Gasteiger partial charge on any atom is 0.0624 e. The van der Waals surface area contributed by atoms with Crippen LogP contribution in [-0.2, 0) is 19.9 Å². The van der Waals surface area contributed by atoms with E-state index in [4.69, 9.17) is 11.6 Å². The Morgan fingerprint density at radius 2 is 2.33 bits per heavy atom. The fraction of sp³-hybridized carbons (Fsp3) is 0.750. The minimum Gasteiger partial charge on any atom is -0.272 e. The van der Waals surface area contributed by atoms with E-state index in [-0.39, 0.29) is 0 Å². The molecule has 3 heteroatoms. The molecular formula is C12H19ClN2. The number of alkyl halides is 1. The highest BCUT2D eigenvalue weighted by atomic mass is 35.5. The van der Waals surface area contributed by atoms with Gasteiger partial charge in [0.15, 0.2) is 0 Å². The van der Waals surface area contributed by atoms with Crippen molar-refractivity contribution in [2.24, 2.45) is 13.0 Å². The van der Waals surface area contributed by atoms with E-state index in [1.807, 2.05) is 11.7 Å². The molecule has 2 rings (SSSR count). The average molecular weight is 227 g/mol. The Balaban J connectivity index is 2.06. The molecule has 2 unspecified atom stereocenters. The van der Waals surface area contributed by atoms with E-state index in [1.54, 1.807) is 0 Å². The van der Waals surface area contributed by atoms with Gasteiger partial charge in [0.2, 0.25) is 0 Å². The molecule has 0 N–H and O–H groups in total. The molecule has 2 atom stereocenters. The SMILES string of the molecule is CCc1cc(CC2CCCC2Cl)n(C)n1. The van der Waals surface area contributed by atoms with Crippen LogP contribution in [-0.4, -0.2) is 15.2 Å². The summed E-state index contributed by atoms with van der Waals surface area (Å²) >= 11 is 6.29. The average Bonchev–Trinajstić information content (AvgIpc) is 2.76. The Hall–Kier alpha value is -0.500. The third-order valence-electron chi connectivity index (χ3n) is 3.43. The Labute approximate surface area is 96.6 Å². The molecule has 1 aliphatic carbocycles. The van der Waals surface area contributed by atoms with Crippen LogP contribution < -0.4 is 0 Å². The third kappa shape index (κ3) is 2.36. The zero-order valence-corrected chi connectivity index (χ0v) is 10.3. The van der Waals surface area contributed by atoms with Crippen LogP contribution in [0.2, 0.25) is 0 Å². The first-order valence-corrected chi connectivity index (χ1v) is 6.30. The smallest absolute Gasteiger partial charge is 0.0624 e. The number of aromatic nitrogens is 2. The largest absolute Gasteiger partial charge is 0.272 e. The maximum atomic E-state index is 6.29. The highest BCUT2D eigenvalue weighted by molar-refractivity contribution is 6.20. The second-order valence-electron chi connectivity index (χ2n) is 4.52. The summed E-state index contributed by atoms with van der Waals surface area (Å²) in [5.74, 6) is 0.659. The lowest BCUT2D eigenvalue weighted by molar-refractivity contribution is 0.526. The second-order valence-corrected chi connectivity index (χ2v) is 5.08. The molecule has 1 aliphatic rings. The first kappa shape index (κ1) is 11.0. The first-order chi connectivity index (χ1) is 7.20. The molecule has 84 valence electrons. The summed E-state index contributed by atoms with van der Waals surface area (Å²) in [6.07, 6.45) is 5.86. The van der Waals surface area contributed by atoms with E-state index in [0.29, 0.717) is 11.3 Å². The molecular weight excluding hydrogens is 208 g/mol. The number of aryl methyl sites for hydroxylation is 2. The van der Waals surface area contributed by atoms with Crippen molar-refractivity contribution in [3.8, 4) is 0 Å². The lowest BCUT2D eigenvalue weighted by Gasteiger charge is -2.12. The van der Waals surface area contributed by atoms with Crippen LogP contribution >= 0.6 is 11.6 Å². The fourth-order valence-corrected chi connectivity index (χ4v) is 2.79. The monoisotopic (exact) mass is 226 g/mol. The van der Waals surface area contributed by atoms with Gasteiger partial charge in [0, 0.05) is 18.1 Å². The predicted octanol–water partition coefficient (Wildman–Crippen LogP) is 2.93. The minimum absolute atomic E-state index is 0.380. The quantitative estimate of drug-likeness (QED) is 0.725. The molecule has 0 radical (unpaired) electrons.